The van der Waals surface area contributed by atoms with Crippen LogP contribution in [-0.4, -0.2) is 119 Å². The first-order chi connectivity index (χ1) is 24.5. The number of aryl methyl sites for hydroxylation is 1. The Kier molecular flexibility index (Phi) is 13.1. The van der Waals surface area contributed by atoms with Gasteiger partial charge >= 0.3 is 0 Å². The highest BCUT2D eigenvalue weighted by molar-refractivity contribution is 14.1. The molecule has 0 atom stereocenters. The Morgan fingerprint density at radius 1 is 0.920 bits per heavy atom. The number of alkyl halides is 1. The highest BCUT2D eigenvalue weighted by Crippen LogP contribution is 2.47. The zero-order chi connectivity index (χ0) is 34.8. The Labute approximate surface area is 308 Å². The summed E-state index contributed by atoms with van der Waals surface area (Å²) in [4.78, 5) is 39.8. The van der Waals surface area contributed by atoms with Gasteiger partial charge in [-0.2, -0.15) is 5.10 Å². The summed E-state index contributed by atoms with van der Waals surface area (Å²) in [6, 6.07) is 9.18. The van der Waals surface area contributed by atoms with Crippen LogP contribution in [0.5, 0.6) is 0 Å². The predicted molar refractivity (Wildman–Crippen MR) is 194 cm³/mol. The highest BCUT2D eigenvalue weighted by atomic mass is 127. The molecule has 14 nitrogen and oxygen atoms in total. The topological polar surface area (TPSA) is 146 Å². The Morgan fingerprint density at radius 2 is 1.62 bits per heavy atom. The lowest BCUT2D eigenvalue weighted by Crippen LogP contribution is -2.65. The number of aromatic nitrogens is 5. The van der Waals surface area contributed by atoms with E-state index in [1.807, 2.05) is 24.3 Å². The molecule has 3 aromatic heterocycles. The lowest BCUT2D eigenvalue weighted by molar-refractivity contribution is -0.128. The van der Waals surface area contributed by atoms with Crippen LogP contribution < -0.4 is 4.90 Å². The van der Waals surface area contributed by atoms with Gasteiger partial charge in [0.25, 0.3) is 5.91 Å². The Hall–Kier alpha value is -3.19. The molecule has 0 bridgehead atoms. The van der Waals surface area contributed by atoms with Crippen LogP contribution in [0, 0.1) is 0 Å². The molecule has 4 aromatic rings. The Bertz CT molecular complexity index is 1720. The summed E-state index contributed by atoms with van der Waals surface area (Å²) in [6.07, 6.45) is 6.72. The summed E-state index contributed by atoms with van der Waals surface area (Å²) in [5.74, 6) is 0.484. The number of amides is 2. The number of ether oxygens (including phenoxy) is 5. The molecule has 2 aliphatic rings. The summed E-state index contributed by atoms with van der Waals surface area (Å²) >= 11 is 8.49. The van der Waals surface area contributed by atoms with Crippen LogP contribution >= 0.6 is 34.2 Å². The maximum absolute atomic E-state index is 14.2. The molecule has 1 saturated heterocycles. The molecule has 1 aromatic carbocycles. The van der Waals surface area contributed by atoms with Crippen molar-refractivity contribution >= 4 is 62.7 Å². The molecule has 6 rings (SSSR count). The molecule has 268 valence electrons. The minimum absolute atomic E-state index is 0.0625. The van der Waals surface area contributed by atoms with Crippen molar-refractivity contribution in [2.75, 3.05) is 82.1 Å². The summed E-state index contributed by atoms with van der Waals surface area (Å²) in [6.45, 7) is 6.37. The minimum Gasteiger partial charge on any atom is -0.379 e. The third-order valence-electron chi connectivity index (χ3n) is 8.76. The van der Waals surface area contributed by atoms with E-state index in [1.54, 1.807) is 34.5 Å². The van der Waals surface area contributed by atoms with Crippen LogP contribution in [0.3, 0.4) is 0 Å². The third kappa shape index (κ3) is 8.46. The van der Waals surface area contributed by atoms with Crippen LogP contribution in [0.15, 0.2) is 48.9 Å². The third-order valence-corrected chi connectivity index (χ3v) is 9.44. The molecule has 50 heavy (non-hydrogen) atoms. The van der Waals surface area contributed by atoms with E-state index in [0.717, 1.165) is 41.0 Å². The first kappa shape index (κ1) is 36.6. The van der Waals surface area contributed by atoms with E-state index in [-0.39, 0.29) is 31.4 Å². The summed E-state index contributed by atoms with van der Waals surface area (Å²) in [5, 5.41) is 7.29. The van der Waals surface area contributed by atoms with Gasteiger partial charge in [0, 0.05) is 43.7 Å². The van der Waals surface area contributed by atoms with E-state index in [1.165, 1.54) is 0 Å². The predicted octanol–water partition coefficient (Wildman–Crippen LogP) is 4.00. The number of carbonyl (C=O) groups excluding carboxylic acids is 2. The van der Waals surface area contributed by atoms with Gasteiger partial charge < -0.3 is 38.1 Å². The van der Waals surface area contributed by atoms with Crippen molar-refractivity contribution in [1.29, 1.82) is 0 Å². The molecular formula is C34H41ClIN7O7. The summed E-state index contributed by atoms with van der Waals surface area (Å²) in [7, 11) is 0. The van der Waals surface area contributed by atoms with Crippen molar-refractivity contribution < 1.29 is 33.3 Å². The maximum atomic E-state index is 14.2. The van der Waals surface area contributed by atoms with Gasteiger partial charge in [0.15, 0.2) is 0 Å². The van der Waals surface area contributed by atoms with Crippen molar-refractivity contribution in [3.8, 4) is 0 Å². The van der Waals surface area contributed by atoms with Gasteiger partial charge in [-0.05, 0) is 48.7 Å². The molecule has 0 aliphatic carbocycles. The number of anilines is 1. The lowest BCUT2D eigenvalue weighted by Gasteiger charge is -2.46. The Balaban J connectivity index is 0.982. The molecular weight excluding hydrogens is 781 g/mol. The van der Waals surface area contributed by atoms with Gasteiger partial charge in [0.2, 0.25) is 5.91 Å². The Morgan fingerprint density at radius 3 is 2.30 bits per heavy atom. The van der Waals surface area contributed by atoms with Crippen molar-refractivity contribution in [2.45, 2.75) is 31.3 Å². The molecule has 0 radical (unpaired) electrons. The number of pyridine rings is 1. The largest absolute Gasteiger partial charge is 0.379 e. The standard InChI is InChI=1S/C34H41ClIN7O7/c35-25-3-4-29-28(19-25)39-31(42(29)9-1-2-10-46-11-12-47-13-14-48-15-16-49-17-18-50-24-36)21-43-30-20-37-7-5-26(30)34(33(43)45)22-41(23-34)32(44)27-6-8-38-40-27/h3-8,19-20H,1-2,9-18,21-24H2,(H,38,40). The number of halogens is 2. The number of likely N-dealkylation sites (tertiary alicyclic amines) is 1. The number of unbranched alkanes of at least 4 members (excludes halogenated alkanes) is 1. The van der Waals surface area contributed by atoms with Crippen molar-refractivity contribution in [3.05, 3.63) is 71.0 Å². The minimum atomic E-state index is -0.822. The van der Waals surface area contributed by atoms with E-state index in [0.29, 0.717) is 81.3 Å². The molecule has 1 N–H and O–H groups in total. The van der Waals surface area contributed by atoms with E-state index >= 15 is 0 Å². The molecule has 2 aliphatic heterocycles. The second kappa shape index (κ2) is 17.8. The van der Waals surface area contributed by atoms with Gasteiger partial charge in [0.05, 0.1) is 86.9 Å². The zero-order valence-electron chi connectivity index (χ0n) is 27.7. The molecule has 16 heteroatoms. The average Bonchev–Trinajstić information content (AvgIpc) is 3.82. The van der Waals surface area contributed by atoms with E-state index in [2.05, 4.69) is 42.3 Å². The number of aromatic amines is 1. The highest BCUT2D eigenvalue weighted by Gasteiger charge is 2.59. The first-order valence-corrected chi connectivity index (χ1v) is 18.6. The van der Waals surface area contributed by atoms with Crippen molar-refractivity contribution in [1.82, 2.24) is 29.6 Å². The molecule has 0 unspecified atom stereocenters. The molecule has 1 spiro atoms. The smallest absolute Gasteiger partial charge is 0.274 e. The quantitative estimate of drug-likeness (QED) is 0.0744. The number of fused-ring (bicyclic) bond motifs is 3. The normalized spacial score (nSPS) is 15.0. The van der Waals surface area contributed by atoms with E-state index in [9.17, 15) is 9.59 Å². The fourth-order valence-corrected chi connectivity index (χ4v) is 6.79. The zero-order valence-corrected chi connectivity index (χ0v) is 30.6. The van der Waals surface area contributed by atoms with Crippen LogP contribution in [0.4, 0.5) is 5.69 Å². The number of nitrogens with one attached hydrogen (secondary N) is 1. The van der Waals surface area contributed by atoms with Crippen molar-refractivity contribution in [3.63, 3.8) is 0 Å². The number of H-pyrrole nitrogens is 1. The molecule has 2 amide bonds. The van der Waals surface area contributed by atoms with Gasteiger partial charge in [-0.25, -0.2) is 4.98 Å². The molecule has 1 fully saturated rings. The van der Waals surface area contributed by atoms with Crippen LogP contribution in [-0.2, 0) is 47.0 Å². The number of hydrogen-bond donors (Lipinski definition) is 1. The average molecular weight is 822 g/mol. The number of nitrogens with zero attached hydrogens (tertiary/aromatic N) is 6. The number of hydrogen-bond acceptors (Lipinski definition) is 10. The fraction of sp³-hybridized carbons (Fsp3) is 0.500. The number of imidazole rings is 1. The van der Waals surface area contributed by atoms with E-state index in [4.69, 9.17) is 40.3 Å². The second-order valence-corrected chi connectivity index (χ2v) is 13.0. The van der Waals surface area contributed by atoms with Crippen molar-refractivity contribution in [2.24, 2.45) is 0 Å². The SMILES string of the molecule is O=C(c1cc[nH]n1)N1CC2(C1)C(=O)N(Cc1nc3cc(Cl)ccc3n1CCCCOCCOCCOCCOCCOCI)c1cnccc12. The van der Waals surface area contributed by atoms with Gasteiger partial charge in [-0.3, -0.25) is 19.7 Å². The lowest BCUT2D eigenvalue weighted by atomic mass is 9.74. The fourth-order valence-electron chi connectivity index (χ4n) is 6.31. The summed E-state index contributed by atoms with van der Waals surface area (Å²) < 4.78 is 30.3. The van der Waals surface area contributed by atoms with Crippen LogP contribution in [0.1, 0.15) is 34.7 Å². The number of carbonyl (C=O) groups is 2. The molecule has 0 saturated carbocycles. The monoisotopic (exact) mass is 821 g/mol. The van der Waals surface area contributed by atoms with Gasteiger partial charge in [-0.15, -0.1) is 0 Å². The first-order valence-electron chi connectivity index (χ1n) is 16.7. The summed E-state index contributed by atoms with van der Waals surface area (Å²) in [5.41, 5.74) is 2.84. The maximum Gasteiger partial charge on any atom is 0.274 e. The number of benzene rings is 1. The molecule has 5 heterocycles. The van der Waals surface area contributed by atoms with Gasteiger partial charge in [-0.1, -0.05) is 34.2 Å². The second-order valence-electron chi connectivity index (χ2n) is 12.0. The number of rotatable bonds is 21. The van der Waals surface area contributed by atoms with Crippen LogP contribution in [0.2, 0.25) is 5.02 Å². The van der Waals surface area contributed by atoms with E-state index < -0.39 is 5.41 Å². The van der Waals surface area contributed by atoms with Crippen LogP contribution in [0.25, 0.3) is 11.0 Å². The van der Waals surface area contributed by atoms with Gasteiger partial charge in [0.1, 0.15) is 16.9 Å².